The second-order valence-electron chi connectivity index (χ2n) is 7.32. The van der Waals surface area contributed by atoms with Crippen molar-refractivity contribution in [3.8, 4) is 0 Å². The van der Waals surface area contributed by atoms with Gasteiger partial charge in [-0.15, -0.1) is 0 Å². The van der Waals surface area contributed by atoms with Crippen LogP contribution in [0.4, 0.5) is 5.82 Å². The minimum absolute atomic E-state index is 0.0373. The van der Waals surface area contributed by atoms with Crippen molar-refractivity contribution in [3.05, 3.63) is 69.7 Å². The fraction of sp³-hybridized carbons (Fsp3) is 0.273. The second-order valence-corrected chi connectivity index (χ2v) is 7.76. The SMILES string of the molecule is Nc1nc2ccc(C(=O)N3CCOC[C@H]3c3cccc(Cl)c3)cc2c2c1COC2. The normalized spacial score (nSPS) is 18.8. The first-order valence-electron chi connectivity index (χ1n) is 9.55. The minimum atomic E-state index is -0.177. The van der Waals surface area contributed by atoms with E-state index in [-0.39, 0.29) is 11.9 Å². The average Bonchev–Trinajstić information content (AvgIpc) is 3.24. The number of carbonyl (C=O) groups excluding carboxylic acids is 1. The van der Waals surface area contributed by atoms with Gasteiger partial charge in [-0.1, -0.05) is 23.7 Å². The van der Waals surface area contributed by atoms with Crippen molar-refractivity contribution in [1.82, 2.24) is 9.88 Å². The molecule has 148 valence electrons. The zero-order valence-corrected chi connectivity index (χ0v) is 16.5. The number of fused-ring (bicyclic) bond motifs is 3. The van der Waals surface area contributed by atoms with Gasteiger partial charge in [-0.25, -0.2) is 4.98 Å². The molecule has 5 rings (SSSR count). The van der Waals surface area contributed by atoms with Crippen molar-refractivity contribution >= 4 is 34.2 Å². The van der Waals surface area contributed by atoms with E-state index >= 15 is 0 Å². The van der Waals surface area contributed by atoms with Gasteiger partial charge in [0.15, 0.2) is 0 Å². The van der Waals surface area contributed by atoms with Crippen LogP contribution in [-0.2, 0) is 22.7 Å². The van der Waals surface area contributed by atoms with Crippen LogP contribution in [-0.4, -0.2) is 35.5 Å². The van der Waals surface area contributed by atoms with Gasteiger partial charge < -0.3 is 20.1 Å². The number of carbonyl (C=O) groups is 1. The van der Waals surface area contributed by atoms with Crippen LogP contribution in [0.25, 0.3) is 10.9 Å². The quantitative estimate of drug-likeness (QED) is 0.698. The Morgan fingerprint density at radius 3 is 2.86 bits per heavy atom. The van der Waals surface area contributed by atoms with Crippen molar-refractivity contribution in [2.75, 3.05) is 25.5 Å². The number of aromatic nitrogens is 1. The third-order valence-electron chi connectivity index (χ3n) is 5.60. The van der Waals surface area contributed by atoms with E-state index in [0.717, 1.165) is 27.6 Å². The Labute approximate surface area is 173 Å². The zero-order chi connectivity index (χ0) is 20.0. The Bertz CT molecular complexity index is 1120. The number of nitrogens with two attached hydrogens (primary N) is 1. The molecule has 3 aromatic rings. The minimum Gasteiger partial charge on any atom is -0.383 e. The molecule has 29 heavy (non-hydrogen) atoms. The van der Waals surface area contributed by atoms with Gasteiger partial charge in [0.25, 0.3) is 5.91 Å². The Morgan fingerprint density at radius 1 is 1.14 bits per heavy atom. The van der Waals surface area contributed by atoms with Gasteiger partial charge in [-0.3, -0.25) is 4.79 Å². The number of ether oxygens (including phenoxy) is 2. The van der Waals surface area contributed by atoms with Crippen molar-refractivity contribution in [2.24, 2.45) is 0 Å². The van der Waals surface area contributed by atoms with Crippen molar-refractivity contribution in [1.29, 1.82) is 0 Å². The van der Waals surface area contributed by atoms with Crippen LogP contribution in [0.5, 0.6) is 0 Å². The highest BCUT2D eigenvalue weighted by atomic mass is 35.5. The number of nitrogens with zero attached hydrogens (tertiary/aromatic N) is 2. The van der Waals surface area contributed by atoms with E-state index in [1.165, 1.54) is 0 Å². The highest BCUT2D eigenvalue weighted by molar-refractivity contribution is 6.30. The summed E-state index contributed by atoms with van der Waals surface area (Å²) >= 11 is 6.17. The predicted molar refractivity (Wildman–Crippen MR) is 111 cm³/mol. The lowest BCUT2D eigenvalue weighted by Gasteiger charge is -2.36. The molecule has 0 bridgehead atoms. The monoisotopic (exact) mass is 409 g/mol. The number of anilines is 1. The molecular formula is C22H20ClN3O3. The molecule has 0 aliphatic carbocycles. The van der Waals surface area contributed by atoms with Crippen LogP contribution >= 0.6 is 11.6 Å². The molecule has 1 amide bonds. The highest BCUT2D eigenvalue weighted by Crippen LogP contribution is 2.33. The fourth-order valence-corrected chi connectivity index (χ4v) is 4.31. The lowest BCUT2D eigenvalue weighted by Crippen LogP contribution is -2.43. The number of pyridine rings is 1. The first-order chi connectivity index (χ1) is 14.1. The Kier molecular flexibility index (Phi) is 4.62. The van der Waals surface area contributed by atoms with Gasteiger partial charge in [0.2, 0.25) is 0 Å². The topological polar surface area (TPSA) is 77.7 Å². The standard InChI is InChI=1S/C22H20ClN3O3/c23-15-3-1-2-13(8-15)20-12-28-7-6-26(20)22(27)14-4-5-19-16(9-14)17-10-29-11-18(17)21(24)25-19/h1-5,8-9,20H,6-7,10-12H2,(H2,24,25)/t20-/m0/s1. The molecule has 1 atom stereocenters. The molecule has 0 unspecified atom stereocenters. The molecular weight excluding hydrogens is 390 g/mol. The number of rotatable bonds is 2. The number of amides is 1. The Balaban J connectivity index is 1.53. The highest BCUT2D eigenvalue weighted by Gasteiger charge is 2.30. The number of hydrogen-bond donors (Lipinski definition) is 1. The van der Waals surface area contributed by atoms with E-state index in [1.54, 1.807) is 0 Å². The molecule has 2 N–H and O–H groups in total. The first-order valence-corrected chi connectivity index (χ1v) is 9.92. The number of hydrogen-bond acceptors (Lipinski definition) is 5. The van der Waals surface area contributed by atoms with Gasteiger partial charge in [-0.05, 0) is 41.5 Å². The summed E-state index contributed by atoms with van der Waals surface area (Å²) in [5, 5.41) is 1.57. The molecule has 1 fully saturated rings. The third kappa shape index (κ3) is 3.23. The molecule has 1 saturated heterocycles. The van der Waals surface area contributed by atoms with Gasteiger partial charge >= 0.3 is 0 Å². The lowest BCUT2D eigenvalue weighted by atomic mass is 10.0. The summed E-state index contributed by atoms with van der Waals surface area (Å²) in [6, 6.07) is 13.0. The maximum Gasteiger partial charge on any atom is 0.254 e. The summed E-state index contributed by atoms with van der Waals surface area (Å²) < 4.78 is 11.2. The second kappa shape index (κ2) is 7.30. The van der Waals surface area contributed by atoms with Crippen LogP contribution in [0.15, 0.2) is 42.5 Å². The zero-order valence-electron chi connectivity index (χ0n) is 15.7. The summed E-state index contributed by atoms with van der Waals surface area (Å²) in [5.41, 5.74) is 10.4. The summed E-state index contributed by atoms with van der Waals surface area (Å²) in [5.74, 6) is 0.461. The van der Waals surface area contributed by atoms with E-state index in [2.05, 4.69) is 4.98 Å². The first kappa shape index (κ1) is 18.4. The fourth-order valence-electron chi connectivity index (χ4n) is 4.11. The Morgan fingerprint density at radius 2 is 2.00 bits per heavy atom. The maximum absolute atomic E-state index is 13.4. The van der Waals surface area contributed by atoms with E-state index < -0.39 is 0 Å². The number of nitrogen functional groups attached to an aromatic ring is 1. The maximum atomic E-state index is 13.4. The Hall–Kier alpha value is -2.67. The van der Waals surface area contributed by atoms with Crippen LogP contribution in [0.3, 0.4) is 0 Å². The van der Waals surface area contributed by atoms with Gasteiger partial charge in [0, 0.05) is 28.1 Å². The largest absolute Gasteiger partial charge is 0.383 e. The smallest absolute Gasteiger partial charge is 0.254 e. The van der Waals surface area contributed by atoms with Gasteiger partial charge in [0.1, 0.15) is 5.82 Å². The van der Waals surface area contributed by atoms with E-state index in [1.807, 2.05) is 47.4 Å². The van der Waals surface area contributed by atoms with Crippen molar-refractivity contribution in [2.45, 2.75) is 19.3 Å². The van der Waals surface area contributed by atoms with Crippen LogP contribution in [0.2, 0.25) is 5.02 Å². The number of morpholine rings is 1. The van der Waals surface area contributed by atoms with Gasteiger partial charge in [-0.2, -0.15) is 0 Å². The van der Waals surface area contributed by atoms with Crippen molar-refractivity contribution < 1.29 is 14.3 Å². The molecule has 0 spiro atoms. The van der Waals surface area contributed by atoms with Crippen LogP contribution in [0.1, 0.15) is 33.1 Å². The predicted octanol–water partition coefficient (Wildman–Crippen LogP) is 3.71. The average molecular weight is 410 g/mol. The summed E-state index contributed by atoms with van der Waals surface area (Å²) in [6.07, 6.45) is 0. The van der Waals surface area contributed by atoms with E-state index in [4.69, 9.17) is 26.8 Å². The molecule has 2 aliphatic heterocycles. The summed E-state index contributed by atoms with van der Waals surface area (Å²) in [4.78, 5) is 19.8. The molecule has 7 heteroatoms. The number of halogens is 1. The molecule has 3 heterocycles. The molecule has 6 nitrogen and oxygen atoms in total. The van der Waals surface area contributed by atoms with Crippen LogP contribution < -0.4 is 5.73 Å². The van der Waals surface area contributed by atoms with Crippen LogP contribution in [0, 0.1) is 0 Å². The summed E-state index contributed by atoms with van der Waals surface area (Å²) in [6.45, 7) is 2.43. The number of benzene rings is 2. The molecule has 2 aliphatic rings. The summed E-state index contributed by atoms with van der Waals surface area (Å²) in [7, 11) is 0. The lowest BCUT2D eigenvalue weighted by molar-refractivity contribution is -0.00268. The third-order valence-corrected chi connectivity index (χ3v) is 5.83. The molecule has 1 aromatic heterocycles. The molecule has 2 aromatic carbocycles. The van der Waals surface area contributed by atoms with Crippen molar-refractivity contribution in [3.63, 3.8) is 0 Å². The van der Waals surface area contributed by atoms with Gasteiger partial charge in [0.05, 0.1) is 38.0 Å². The van der Waals surface area contributed by atoms with E-state index in [0.29, 0.717) is 49.4 Å². The van der Waals surface area contributed by atoms with E-state index in [9.17, 15) is 4.79 Å². The molecule has 0 radical (unpaired) electrons. The molecule has 0 saturated carbocycles.